The van der Waals surface area contributed by atoms with Crippen molar-refractivity contribution < 1.29 is 9.21 Å². The number of benzene rings is 1. The Hall–Kier alpha value is -2.14. The number of amides is 1. The van der Waals surface area contributed by atoms with E-state index in [0.717, 1.165) is 22.2 Å². The van der Waals surface area contributed by atoms with Crippen LogP contribution in [0.2, 0.25) is 0 Å². The van der Waals surface area contributed by atoms with Crippen molar-refractivity contribution in [1.82, 2.24) is 4.98 Å². The average molecular weight is 300 g/mol. The van der Waals surface area contributed by atoms with Crippen LogP contribution < -0.4 is 5.32 Å². The summed E-state index contributed by atoms with van der Waals surface area (Å²) in [4.78, 5) is 16.3. The second-order valence-corrected chi connectivity index (χ2v) is 6.07. The number of aromatic nitrogens is 1. The van der Waals surface area contributed by atoms with E-state index in [2.05, 4.69) is 30.2 Å². The number of rotatable bonds is 3. The van der Waals surface area contributed by atoms with Crippen molar-refractivity contribution in [2.24, 2.45) is 0 Å². The van der Waals surface area contributed by atoms with Gasteiger partial charge in [0.2, 0.25) is 5.91 Å². The zero-order valence-corrected chi connectivity index (χ0v) is 13.0. The SMILES string of the molecule is Cc1csc(NC(=O)Cc2coc3cc(C)c(C)cc23)n1. The molecule has 0 aliphatic rings. The molecule has 0 fully saturated rings. The Labute approximate surface area is 126 Å². The number of nitrogens with zero attached hydrogens (tertiary/aromatic N) is 1. The van der Waals surface area contributed by atoms with Gasteiger partial charge in [0.15, 0.2) is 5.13 Å². The van der Waals surface area contributed by atoms with Crippen LogP contribution in [0.4, 0.5) is 5.13 Å². The lowest BCUT2D eigenvalue weighted by molar-refractivity contribution is -0.115. The second kappa shape index (κ2) is 5.33. The van der Waals surface area contributed by atoms with Crippen LogP contribution in [-0.4, -0.2) is 10.9 Å². The summed E-state index contributed by atoms with van der Waals surface area (Å²) in [6.07, 6.45) is 1.95. The zero-order chi connectivity index (χ0) is 15.0. The van der Waals surface area contributed by atoms with Crippen LogP contribution in [0.15, 0.2) is 28.2 Å². The molecule has 2 aromatic heterocycles. The lowest BCUT2D eigenvalue weighted by Crippen LogP contribution is -2.14. The number of aryl methyl sites for hydroxylation is 3. The molecule has 1 amide bonds. The molecule has 1 aromatic carbocycles. The fourth-order valence-electron chi connectivity index (χ4n) is 2.22. The maximum atomic E-state index is 12.1. The minimum absolute atomic E-state index is 0.0784. The smallest absolute Gasteiger partial charge is 0.230 e. The Balaban J connectivity index is 1.81. The number of hydrogen-bond acceptors (Lipinski definition) is 4. The van der Waals surface area contributed by atoms with Gasteiger partial charge in [-0.05, 0) is 44.0 Å². The highest BCUT2D eigenvalue weighted by atomic mass is 32.1. The van der Waals surface area contributed by atoms with Crippen LogP contribution in [0.25, 0.3) is 11.0 Å². The van der Waals surface area contributed by atoms with Crippen molar-refractivity contribution in [3.63, 3.8) is 0 Å². The van der Waals surface area contributed by atoms with E-state index in [1.165, 1.54) is 22.5 Å². The Kier molecular flexibility index (Phi) is 3.51. The van der Waals surface area contributed by atoms with Gasteiger partial charge in [-0.1, -0.05) is 0 Å². The van der Waals surface area contributed by atoms with Crippen LogP contribution in [0.1, 0.15) is 22.4 Å². The molecule has 0 radical (unpaired) electrons. The quantitative estimate of drug-likeness (QED) is 0.795. The maximum Gasteiger partial charge on any atom is 0.230 e. The van der Waals surface area contributed by atoms with E-state index in [1.54, 1.807) is 6.26 Å². The van der Waals surface area contributed by atoms with E-state index in [-0.39, 0.29) is 12.3 Å². The Morgan fingerprint density at radius 3 is 2.76 bits per heavy atom. The molecule has 0 unspecified atom stereocenters. The standard InChI is InChI=1S/C16H16N2O2S/c1-9-4-13-12(7-20-14(13)5-10(9)2)6-15(19)18-16-17-11(3)8-21-16/h4-5,7-8H,6H2,1-3H3,(H,17,18,19). The molecule has 0 saturated carbocycles. The Morgan fingerprint density at radius 1 is 1.29 bits per heavy atom. The summed E-state index contributed by atoms with van der Waals surface area (Å²) in [6, 6.07) is 4.08. The van der Waals surface area contributed by atoms with Gasteiger partial charge < -0.3 is 9.73 Å². The number of nitrogens with one attached hydrogen (secondary N) is 1. The second-order valence-electron chi connectivity index (χ2n) is 5.21. The molecule has 108 valence electrons. The lowest BCUT2D eigenvalue weighted by Gasteiger charge is -2.02. The number of carbonyl (C=O) groups is 1. The predicted octanol–water partition coefficient (Wildman–Crippen LogP) is 4.00. The van der Waals surface area contributed by atoms with Crippen molar-refractivity contribution in [1.29, 1.82) is 0 Å². The summed E-state index contributed by atoms with van der Waals surface area (Å²) in [7, 11) is 0. The van der Waals surface area contributed by atoms with Gasteiger partial charge >= 0.3 is 0 Å². The van der Waals surface area contributed by atoms with E-state index < -0.39 is 0 Å². The summed E-state index contributed by atoms with van der Waals surface area (Å²) < 4.78 is 5.55. The van der Waals surface area contributed by atoms with Gasteiger partial charge in [0.25, 0.3) is 0 Å². The molecule has 3 rings (SSSR count). The Bertz CT molecular complexity index is 817. The van der Waals surface area contributed by atoms with Gasteiger partial charge in [0, 0.05) is 16.3 Å². The molecule has 1 N–H and O–H groups in total. The molecule has 3 aromatic rings. The van der Waals surface area contributed by atoms with Crippen LogP contribution >= 0.6 is 11.3 Å². The zero-order valence-electron chi connectivity index (χ0n) is 12.2. The fraction of sp³-hybridized carbons (Fsp3) is 0.250. The molecule has 5 heteroatoms. The van der Waals surface area contributed by atoms with Crippen molar-refractivity contribution in [3.8, 4) is 0 Å². The maximum absolute atomic E-state index is 12.1. The van der Waals surface area contributed by atoms with Crippen LogP contribution in [0.5, 0.6) is 0 Å². The number of anilines is 1. The van der Waals surface area contributed by atoms with E-state index in [1.807, 2.05) is 18.4 Å². The van der Waals surface area contributed by atoms with E-state index in [9.17, 15) is 4.79 Å². The van der Waals surface area contributed by atoms with Crippen LogP contribution in [0, 0.1) is 20.8 Å². The first-order valence-corrected chi connectivity index (χ1v) is 7.60. The summed E-state index contributed by atoms with van der Waals surface area (Å²) in [5.41, 5.74) is 5.02. The summed E-state index contributed by atoms with van der Waals surface area (Å²) in [6.45, 7) is 6.01. The number of hydrogen-bond donors (Lipinski definition) is 1. The average Bonchev–Trinajstić information content (AvgIpc) is 2.98. The van der Waals surface area contributed by atoms with Gasteiger partial charge in [0.1, 0.15) is 5.58 Å². The minimum Gasteiger partial charge on any atom is -0.464 e. The number of fused-ring (bicyclic) bond motifs is 1. The first-order valence-electron chi connectivity index (χ1n) is 6.72. The fourth-order valence-corrected chi connectivity index (χ4v) is 2.93. The molecule has 0 bridgehead atoms. The van der Waals surface area contributed by atoms with Crippen molar-refractivity contribution >= 4 is 33.3 Å². The third kappa shape index (κ3) is 2.83. The van der Waals surface area contributed by atoms with Crippen molar-refractivity contribution in [2.45, 2.75) is 27.2 Å². The topological polar surface area (TPSA) is 55.1 Å². The van der Waals surface area contributed by atoms with Gasteiger partial charge in [-0.2, -0.15) is 0 Å². The monoisotopic (exact) mass is 300 g/mol. The summed E-state index contributed by atoms with van der Waals surface area (Å²) in [5, 5.41) is 6.37. The summed E-state index contributed by atoms with van der Waals surface area (Å²) in [5.74, 6) is -0.0784. The Morgan fingerprint density at radius 2 is 2.05 bits per heavy atom. The number of carbonyl (C=O) groups excluding carboxylic acids is 1. The number of furan rings is 1. The highest BCUT2D eigenvalue weighted by Crippen LogP contribution is 2.25. The van der Waals surface area contributed by atoms with E-state index in [4.69, 9.17) is 4.42 Å². The molecule has 0 aliphatic carbocycles. The molecule has 0 spiro atoms. The van der Waals surface area contributed by atoms with Gasteiger partial charge in [-0.15, -0.1) is 11.3 Å². The normalized spacial score (nSPS) is 11.0. The molecule has 21 heavy (non-hydrogen) atoms. The largest absolute Gasteiger partial charge is 0.464 e. The molecular weight excluding hydrogens is 284 g/mol. The van der Waals surface area contributed by atoms with Gasteiger partial charge in [-0.25, -0.2) is 4.98 Å². The third-order valence-electron chi connectivity index (χ3n) is 3.49. The van der Waals surface area contributed by atoms with Crippen LogP contribution in [-0.2, 0) is 11.2 Å². The van der Waals surface area contributed by atoms with Crippen molar-refractivity contribution in [3.05, 3.63) is 46.2 Å². The van der Waals surface area contributed by atoms with Gasteiger partial charge in [-0.3, -0.25) is 4.79 Å². The lowest BCUT2D eigenvalue weighted by atomic mass is 10.0. The molecule has 4 nitrogen and oxygen atoms in total. The third-order valence-corrected chi connectivity index (χ3v) is 4.36. The first-order chi connectivity index (χ1) is 10.0. The number of thiazole rings is 1. The van der Waals surface area contributed by atoms with Crippen LogP contribution in [0.3, 0.4) is 0 Å². The van der Waals surface area contributed by atoms with Crippen molar-refractivity contribution in [2.75, 3.05) is 5.32 Å². The van der Waals surface area contributed by atoms with E-state index >= 15 is 0 Å². The molecular formula is C16H16N2O2S. The molecule has 0 aliphatic heterocycles. The predicted molar refractivity (Wildman–Crippen MR) is 84.9 cm³/mol. The summed E-state index contributed by atoms with van der Waals surface area (Å²) >= 11 is 1.43. The highest BCUT2D eigenvalue weighted by Gasteiger charge is 2.12. The molecule has 0 saturated heterocycles. The minimum atomic E-state index is -0.0784. The van der Waals surface area contributed by atoms with E-state index in [0.29, 0.717) is 5.13 Å². The first kappa shape index (κ1) is 13.8. The highest BCUT2D eigenvalue weighted by molar-refractivity contribution is 7.13. The van der Waals surface area contributed by atoms with Gasteiger partial charge in [0.05, 0.1) is 18.4 Å². The molecule has 0 atom stereocenters. The molecule has 2 heterocycles.